The molecule has 7 rings (SSSR count). The summed E-state index contributed by atoms with van der Waals surface area (Å²) in [5, 5.41) is 33.7. The molecule has 19 nitrogen and oxygen atoms in total. The van der Waals surface area contributed by atoms with E-state index in [2.05, 4.69) is 20.1 Å². The predicted octanol–water partition coefficient (Wildman–Crippen LogP) is 7.20. The van der Waals surface area contributed by atoms with Crippen molar-refractivity contribution in [1.29, 1.82) is 0 Å². The molecule has 6 aromatic rings. The maximum absolute atomic E-state index is 13.2. The van der Waals surface area contributed by atoms with Crippen molar-refractivity contribution in [2.45, 2.75) is 37.8 Å². The van der Waals surface area contributed by atoms with E-state index < -0.39 is 21.4 Å². The molecule has 20 heteroatoms. The van der Waals surface area contributed by atoms with Crippen molar-refractivity contribution in [3.8, 4) is 17.2 Å². The standard InChI is InChI=1S/C29H28N8O6.C7H4ClNO4/c1-34(29(39)43-22-11-9-21(10-12-22)37(40)41)19-5-7-20(8-6-19)35-17-18-14-23(25(42-2)15-24(18)33-35)28(38)32-27-16-30-26-4-3-13-31-36(26)27;8-7(10)13-6-3-1-5(2-4-6)9(11)12/h3-4,9-17,19-20H,5-8H2,1-2H3,(H,32,38);1-4H. The van der Waals surface area contributed by atoms with Gasteiger partial charge < -0.3 is 24.4 Å². The Labute approximate surface area is 321 Å². The van der Waals surface area contributed by atoms with E-state index in [4.69, 9.17) is 26.2 Å². The number of carbonyl (C=O) groups excluding carboxylic acids is 3. The Kier molecular flexibility index (Phi) is 11.6. The Hall–Kier alpha value is -7.15. The number of hydrogen-bond acceptors (Lipinski definition) is 13. The summed E-state index contributed by atoms with van der Waals surface area (Å²) >= 11 is 4.92. The number of ether oxygens (including phenoxy) is 3. The van der Waals surface area contributed by atoms with E-state index in [-0.39, 0.29) is 40.9 Å². The van der Waals surface area contributed by atoms with Gasteiger partial charge in [-0.25, -0.2) is 14.6 Å². The van der Waals surface area contributed by atoms with Gasteiger partial charge in [-0.1, -0.05) is 0 Å². The summed E-state index contributed by atoms with van der Waals surface area (Å²) in [6, 6.07) is 17.6. The first-order chi connectivity index (χ1) is 26.9. The SMILES string of the molecule is COc1cc2nn(C3CCC(N(C)C(=O)Oc4ccc([N+](=O)[O-])cc4)CC3)cc2cc1C(=O)Nc1cnc2cccnn12.O=C(Cl)Oc1ccc([N+](=O)[O-])cc1. The van der Waals surface area contributed by atoms with Crippen LogP contribution in [-0.2, 0) is 0 Å². The number of hydrogen-bond donors (Lipinski definition) is 1. The minimum Gasteiger partial charge on any atom is -0.496 e. The minimum absolute atomic E-state index is 0.0173. The maximum Gasteiger partial charge on any atom is 0.415 e. The van der Waals surface area contributed by atoms with Crippen LogP contribution < -0.4 is 19.5 Å². The zero-order valence-corrected chi connectivity index (χ0v) is 30.4. The molecule has 1 aliphatic rings. The quantitative estimate of drug-likeness (QED) is 0.0870. The Bertz CT molecular complexity index is 2410. The molecule has 0 saturated heterocycles. The number of nitrogens with one attached hydrogen (secondary N) is 1. The summed E-state index contributed by atoms with van der Waals surface area (Å²) in [5.41, 5.74) is 0.552. The molecule has 56 heavy (non-hydrogen) atoms. The molecule has 288 valence electrons. The summed E-state index contributed by atoms with van der Waals surface area (Å²) in [4.78, 5) is 62.0. The van der Waals surface area contributed by atoms with Gasteiger partial charge in [-0.3, -0.25) is 29.7 Å². The number of methoxy groups -OCH3 is 1. The Morgan fingerprint density at radius 1 is 0.911 bits per heavy atom. The van der Waals surface area contributed by atoms with Crippen molar-refractivity contribution in [3.63, 3.8) is 0 Å². The molecule has 0 aliphatic heterocycles. The number of nitro benzene ring substituents is 2. The second-order valence-corrected chi connectivity index (χ2v) is 12.7. The van der Waals surface area contributed by atoms with Gasteiger partial charge in [0, 0.05) is 72.8 Å². The maximum atomic E-state index is 13.2. The van der Waals surface area contributed by atoms with Crippen LogP contribution in [0.2, 0.25) is 0 Å². The Morgan fingerprint density at radius 3 is 2.12 bits per heavy atom. The van der Waals surface area contributed by atoms with Crippen LogP contribution in [0, 0.1) is 20.2 Å². The van der Waals surface area contributed by atoms with Crippen LogP contribution in [0.15, 0.2) is 91.4 Å². The largest absolute Gasteiger partial charge is 0.496 e. The number of anilines is 1. The number of carbonyl (C=O) groups is 3. The molecule has 3 heterocycles. The topological polar surface area (TPSA) is 228 Å². The van der Waals surface area contributed by atoms with Gasteiger partial charge >= 0.3 is 11.5 Å². The second kappa shape index (κ2) is 16.9. The van der Waals surface area contributed by atoms with E-state index in [1.807, 2.05) is 10.9 Å². The number of imidazole rings is 1. The third kappa shape index (κ3) is 8.96. The molecule has 0 unspecified atom stereocenters. The number of halogens is 1. The van der Waals surface area contributed by atoms with Gasteiger partial charge in [-0.2, -0.15) is 14.7 Å². The summed E-state index contributed by atoms with van der Waals surface area (Å²) in [6.07, 6.45) is 7.66. The lowest BCUT2D eigenvalue weighted by molar-refractivity contribution is -0.385. The fourth-order valence-electron chi connectivity index (χ4n) is 6.10. The number of nitro groups is 2. The van der Waals surface area contributed by atoms with E-state index >= 15 is 0 Å². The first kappa shape index (κ1) is 38.6. The molecule has 2 amide bonds. The van der Waals surface area contributed by atoms with Crippen molar-refractivity contribution in [1.82, 2.24) is 29.3 Å². The molecule has 3 aromatic carbocycles. The van der Waals surface area contributed by atoms with Gasteiger partial charge in [0.25, 0.3) is 17.3 Å². The third-order valence-corrected chi connectivity index (χ3v) is 9.06. The van der Waals surface area contributed by atoms with E-state index in [0.717, 1.165) is 31.1 Å². The molecule has 0 radical (unpaired) electrons. The molecule has 0 atom stereocenters. The fourth-order valence-corrected chi connectivity index (χ4v) is 6.19. The van der Waals surface area contributed by atoms with Crippen LogP contribution in [0.1, 0.15) is 42.1 Å². The molecule has 0 spiro atoms. The van der Waals surface area contributed by atoms with E-state index in [9.17, 15) is 34.6 Å². The van der Waals surface area contributed by atoms with Crippen LogP contribution >= 0.6 is 11.6 Å². The van der Waals surface area contributed by atoms with E-state index in [1.54, 1.807) is 53.1 Å². The van der Waals surface area contributed by atoms with Gasteiger partial charge in [-0.05, 0) is 68.1 Å². The van der Waals surface area contributed by atoms with Crippen LogP contribution in [0.25, 0.3) is 16.6 Å². The molecule has 1 saturated carbocycles. The lowest BCUT2D eigenvalue weighted by Crippen LogP contribution is -2.41. The summed E-state index contributed by atoms with van der Waals surface area (Å²) in [6.45, 7) is 0. The van der Waals surface area contributed by atoms with Crippen LogP contribution in [0.4, 0.5) is 26.8 Å². The summed E-state index contributed by atoms with van der Waals surface area (Å²) in [5.74, 6) is 0.900. The summed E-state index contributed by atoms with van der Waals surface area (Å²) < 4.78 is 18.9. The summed E-state index contributed by atoms with van der Waals surface area (Å²) in [7, 11) is 3.21. The number of aromatic nitrogens is 5. The molecular weight excluding hydrogens is 754 g/mol. The second-order valence-electron chi connectivity index (χ2n) is 12.4. The monoisotopic (exact) mass is 785 g/mol. The zero-order valence-electron chi connectivity index (χ0n) is 29.7. The normalized spacial score (nSPS) is 14.9. The highest BCUT2D eigenvalue weighted by Gasteiger charge is 2.29. The number of non-ortho nitro benzene ring substituents is 2. The highest BCUT2D eigenvalue weighted by atomic mass is 35.5. The molecular formula is C36H32ClN9O10. The van der Waals surface area contributed by atoms with E-state index in [1.165, 1.54) is 55.6 Å². The zero-order chi connectivity index (χ0) is 39.9. The molecule has 1 N–H and O–H groups in total. The van der Waals surface area contributed by atoms with Gasteiger partial charge in [0.15, 0.2) is 11.5 Å². The van der Waals surface area contributed by atoms with E-state index in [0.29, 0.717) is 28.3 Å². The lowest BCUT2D eigenvalue weighted by Gasteiger charge is -2.34. The van der Waals surface area contributed by atoms with Crippen molar-refractivity contribution >= 4 is 62.8 Å². The highest BCUT2D eigenvalue weighted by molar-refractivity contribution is 6.61. The van der Waals surface area contributed by atoms with Crippen LogP contribution in [-0.4, -0.2) is 76.8 Å². The number of fused-ring (bicyclic) bond motifs is 2. The number of nitrogens with zero attached hydrogens (tertiary/aromatic N) is 8. The fraction of sp³-hybridized carbons (Fsp3) is 0.222. The molecule has 3 aromatic heterocycles. The van der Waals surface area contributed by atoms with Crippen molar-refractivity contribution in [3.05, 3.63) is 117 Å². The van der Waals surface area contributed by atoms with Crippen molar-refractivity contribution in [2.75, 3.05) is 19.5 Å². The van der Waals surface area contributed by atoms with Crippen LogP contribution in [0.3, 0.4) is 0 Å². The smallest absolute Gasteiger partial charge is 0.415 e. The van der Waals surface area contributed by atoms with Crippen molar-refractivity contribution in [2.24, 2.45) is 0 Å². The predicted molar refractivity (Wildman–Crippen MR) is 200 cm³/mol. The first-order valence-electron chi connectivity index (χ1n) is 16.9. The highest BCUT2D eigenvalue weighted by Crippen LogP contribution is 2.33. The molecule has 0 bridgehead atoms. The van der Waals surface area contributed by atoms with Gasteiger partial charge in [0.05, 0.1) is 40.3 Å². The van der Waals surface area contributed by atoms with Gasteiger partial charge in [-0.15, -0.1) is 0 Å². The number of rotatable bonds is 9. The molecule has 1 aliphatic carbocycles. The Morgan fingerprint density at radius 2 is 1.54 bits per heavy atom. The Balaban J connectivity index is 0.000000348. The third-order valence-electron chi connectivity index (χ3n) is 8.98. The van der Waals surface area contributed by atoms with Gasteiger partial charge in [0.2, 0.25) is 0 Å². The average Bonchev–Trinajstić information content (AvgIpc) is 3.81. The molecule has 1 fully saturated rings. The minimum atomic E-state index is -0.978. The lowest BCUT2D eigenvalue weighted by atomic mass is 9.90. The van der Waals surface area contributed by atoms with Crippen LogP contribution in [0.5, 0.6) is 17.2 Å². The van der Waals surface area contributed by atoms with Crippen molar-refractivity contribution < 1.29 is 38.4 Å². The number of benzene rings is 3. The van der Waals surface area contributed by atoms with Gasteiger partial charge in [0.1, 0.15) is 17.2 Å². The average molecular weight is 786 g/mol. The first-order valence-corrected chi connectivity index (χ1v) is 17.3. The number of amides is 2.